The summed E-state index contributed by atoms with van der Waals surface area (Å²) in [6, 6.07) is 3.70. The summed E-state index contributed by atoms with van der Waals surface area (Å²) < 4.78 is 0.868. The van der Waals surface area contributed by atoms with Crippen molar-refractivity contribution in [3.8, 4) is 0 Å². The van der Waals surface area contributed by atoms with Crippen LogP contribution in [0.5, 0.6) is 0 Å². The Morgan fingerprint density at radius 2 is 2.40 bits per heavy atom. The number of nitrogens with one attached hydrogen (secondary N) is 2. The highest BCUT2D eigenvalue weighted by molar-refractivity contribution is 9.10. The van der Waals surface area contributed by atoms with Crippen molar-refractivity contribution in [1.29, 1.82) is 0 Å². The van der Waals surface area contributed by atoms with E-state index in [0.29, 0.717) is 0 Å². The van der Waals surface area contributed by atoms with Crippen LogP contribution < -0.4 is 5.32 Å². The molecule has 2 rings (SSSR count). The Morgan fingerprint density at radius 3 is 3.13 bits per heavy atom. The molecule has 5 nitrogen and oxygen atoms in total. The molecule has 6 heteroatoms. The number of benzene rings is 1. The number of H-pyrrole nitrogens is 1. The predicted octanol–water partition coefficient (Wildman–Crippen LogP) is 1.82. The van der Waals surface area contributed by atoms with Gasteiger partial charge in [-0.3, -0.25) is 9.89 Å². The first kappa shape index (κ1) is 9.97. The zero-order valence-corrected chi connectivity index (χ0v) is 9.21. The standard InChI is InChI=1S/C9H8BrN3O2/c10-5-1-7(11-4-9(14)15)6-3-12-13-8(6)2-5/h1-3,11H,4H2,(H,12,13)(H,14,15). The van der Waals surface area contributed by atoms with E-state index >= 15 is 0 Å². The molecule has 0 atom stereocenters. The minimum atomic E-state index is -0.897. The highest BCUT2D eigenvalue weighted by Crippen LogP contribution is 2.26. The van der Waals surface area contributed by atoms with Gasteiger partial charge in [0.05, 0.1) is 11.7 Å². The summed E-state index contributed by atoms with van der Waals surface area (Å²) in [4.78, 5) is 10.4. The first-order valence-corrected chi connectivity index (χ1v) is 5.04. The van der Waals surface area contributed by atoms with E-state index in [1.165, 1.54) is 0 Å². The molecule has 0 spiro atoms. The molecule has 0 unspecified atom stereocenters. The molecule has 0 aliphatic carbocycles. The molecule has 1 aromatic heterocycles. The van der Waals surface area contributed by atoms with Crippen LogP contribution in [0.1, 0.15) is 0 Å². The highest BCUT2D eigenvalue weighted by atomic mass is 79.9. The van der Waals surface area contributed by atoms with Crippen molar-refractivity contribution in [2.75, 3.05) is 11.9 Å². The SMILES string of the molecule is O=C(O)CNc1cc(Br)cc2[nH]ncc12. The van der Waals surface area contributed by atoms with E-state index in [2.05, 4.69) is 31.4 Å². The number of aromatic amines is 1. The molecular formula is C9H8BrN3O2. The second-order valence-corrected chi connectivity index (χ2v) is 3.95. The summed E-state index contributed by atoms with van der Waals surface area (Å²) in [5.41, 5.74) is 1.60. The van der Waals surface area contributed by atoms with Crippen LogP contribution in [-0.2, 0) is 4.79 Å². The van der Waals surface area contributed by atoms with Gasteiger partial charge in [-0.1, -0.05) is 15.9 Å². The Labute approximate surface area is 93.6 Å². The van der Waals surface area contributed by atoms with E-state index in [9.17, 15) is 4.79 Å². The van der Waals surface area contributed by atoms with E-state index in [-0.39, 0.29) is 6.54 Å². The summed E-state index contributed by atoms with van der Waals surface area (Å²) in [5, 5.41) is 19.0. The van der Waals surface area contributed by atoms with Gasteiger partial charge in [-0.25, -0.2) is 0 Å². The fraction of sp³-hybridized carbons (Fsp3) is 0.111. The van der Waals surface area contributed by atoms with Crippen LogP contribution in [0.4, 0.5) is 5.69 Å². The van der Waals surface area contributed by atoms with Gasteiger partial charge in [-0.2, -0.15) is 5.10 Å². The third-order valence-electron chi connectivity index (χ3n) is 1.95. The van der Waals surface area contributed by atoms with Crippen molar-refractivity contribution in [2.24, 2.45) is 0 Å². The fourth-order valence-electron chi connectivity index (χ4n) is 1.33. The van der Waals surface area contributed by atoms with Crippen LogP contribution >= 0.6 is 15.9 Å². The lowest BCUT2D eigenvalue weighted by Crippen LogP contribution is -2.12. The average Bonchev–Trinajstić information content (AvgIpc) is 2.61. The Morgan fingerprint density at radius 1 is 1.60 bits per heavy atom. The lowest BCUT2D eigenvalue weighted by molar-refractivity contribution is -0.134. The van der Waals surface area contributed by atoms with Crippen molar-refractivity contribution < 1.29 is 9.90 Å². The lowest BCUT2D eigenvalue weighted by atomic mass is 10.2. The van der Waals surface area contributed by atoms with Gasteiger partial charge in [-0.15, -0.1) is 0 Å². The first-order chi connectivity index (χ1) is 7.16. The molecule has 78 valence electrons. The van der Waals surface area contributed by atoms with E-state index in [1.54, 1.807) is 6.20 Å². The molecule has 1 heterocycles. The molecule has 3 N–H and O–H groups in total. The summed E-state index contributed by atoms with van der Waals surface area (Å²) >= 11 is 3.34. The van der Waals surface area contributed by atoms with Crippen molar-refractivity contribution in [3.05, 3.63) is 22.8 Å². The molecule has 0 aliphatic rings. The topological polar surface area (TPSA) is 78.0 Å². The number of carboxylic acids is 1. The molecule has 0 bridgehead atoms. The second kappa shape index (κ2) is 3.90. The quantitative estimate of drug-likeness (QED) is 0.795. The number of aliphatic carboxylic acids is 1. The number of carboxylic acid groups (broad SMARTS) is 1. The number of nitrogens with zero attached hydrogens (tertiary/aromatic N) is 1. The summed E-state index contributed by atoms with van der Waals surface area (Å²) in [6.07, 6.45) is 1.66. The largest absolute Gasteiger partial charge is 0.480 e. The second-order valence-electron chi connectivity index (χ2n) is 3.03. The number of halogens is 1. The third-order valence-corrected chi connectivity index (χ3v) is 2.41. The molecule has 0 radical (unpaired) electrons. The van der Waals surface area contributed by atoms with E-state index < -0.39 is 5.97 Å². The van der Waals surface area contributed by atoms with Crippen molar-refractivity contribution >= 4 is 38.5 Å². The maximum atomic E-state index is 10.4. The number of aromatic nitrogens is 2. The number of rotatable bonds is 3. The predicted molar refractivity (Wildman–Crippen MR) is 59.9 cm³/mol. The Hall–Kier alpha value is -1.56. The number of hydrogen-bond acceptors (Lipinski definition) is 3. The minimum absolute atomic E-state index is 0.114. The van der Waals surface area contributed by atoms with E-state index in [0.717, 1.165) is 21.1 Å². The van der Waals surface area contributed by atoms with Crippen LogP contribution in [0.2, 0.25) is 0 Å². The fourth-order valence-corrected chi connectivity index (χ4v) is 1.79. The van der Waals surface area contributed by atoms with Crippen LogP contribution in [0.15, 0.2) is 22.8 Å². The number of carbonyl (C=O) groups is 1. The van der Waals surface area contributed by atoms with Crippen molar-refractivity contribution in [1.82, 2.24) is 10.2 Å². The summed E-state index contributed by atoms with van der Waals surface area (Å²) in [5.74, 6) is -0.897. The lowest BCUT2D eigenvalue weighted by Gasteiger charge is -2.05. The normalized spacial score (nSPS) is 10.5. The number of hydrogen-bond donors (Lipinski definition) is 3. The molecular weight excluding hydrogens is 262 g/mol. The zero-order valence-electron chi connectivity index (χ0n) is 7.62. The van der Waals surface area contributed by atoms with Crippen molar-refractivity contribution in [3.63, 3.8) is 0 Å². The van der Waals surface area contributed by atoms with Gasteiger partial charge in [-0.05, 0) is 12.1 Å². The third kappa shape index (κ3) is 2.10. The number of anilines is 1. The van der Waals surface area contributed by atoms with Gasteiger partial charge in [0, 0.05) is 15.5 Å². The van der Waals surface area contributed by atoms with E-state index in [1.807, 2.05) is 12.1 Å². The van der Waals surface area contributed by atoms with E-state index in [4.69, 9.17) is 5.11 Å². The maximum absolute atomic E-state index is 10.4. The smallest absolute Gasteiger partial charge is 0.322 e. The first-order valence-electron chi connectivity index (χ1n) is 4.25. The average molecular weight is 270 g/mol. The molecule has 0 saturated carbocycles. The Kier molecular flexibility index (Phi) is 2.59. The van der Waals surface area contributed by atoms with Crippen molar-refractivity contribution in [2.45, 2.75) is 0 Å². The Balaban J connectivity index is 2.39. The summed E-state index contributed by atoms with van der Waals surface area (Å²) in [7, 11) is 0. The van der Waals surface area contributed by atoms with Gasteiger partial charge in [0.2, 0.25) is 0 Å². The summed E-state index contributed by atoms with van der Waals surface area (Å²) in [6.45, 7) is -0.114. The zero-order chi connectivity index (χ0) is 10.8. The molecule has 0 fully saturated rings. The molecule has 2 aromatic rings. The molecule has 0 saturated heterocycles. The van der Waals surface area contributed by atoms with Gasteiger partial charge in [0.25, 0.3) is 0 Å². The van der Waals surface area contributed by atoms with Gasteiger partial charge < -0.3 is 10.4 Å². The van der Waals surface area contributed by atoms with Crippen LogP contribution in [-0.4, -0.2) is 27.8 Å². The van der Waals surface area contributed by atoms with Gasteiger partial charge in [0.1, 0.15) is 6.54 Å². The van der Waals surface area contributed by atoms with Gasteiger partial charge >= 0.3 is 5.97 Å². The van der Waals surface area contributed by atoms with Crippen LogP contribution in [0.3, 0.4) is 0 Å². The maximum Gasteiger partial charge on any atom is 0.322 e. The molecule has 1 aromatic carbocycles. The number of fused-ring (bicyclic) bond motifs is 1. The molecule has 15 heavy (non-hydrogen) atoms. The molecule has 0 amide bonds. The minimum Gasteiger partial charge on any atom is -0.480 e. The van der Waals surface area contributed by atoms with Gasteiger partial charge in [0.15, 0.2) is 0 Å². The molecule has 0 aliphatic heterocycles. The Bertz CT molecular complexity index is 509. The van der Waals surface area contributed by atoms with Crippen LogP contribution in [0, 0.1) is 0 Å². The van der Waals surface area contributed by atoms with Crippen LogP contribution in [0.25, 0.3) is 10.9 Å². The highest BCUT2D eigenvalue weighted by Gasteiger charge is 2.05. The monoisotopic (exact) mass is 269 g/mol.